The maximum absolute atomic E-state index is 12.4. The van der Waals surface area contributed by atoms with Crippen LogP contribution in [-0.4, -0.2) is 65.2 Å². The van der Waals surface area contributed by atoms with Gasteiger partial charge in [-0.05, 0) is 18.3 Å². The molecule has 4 atom stereocenters. The van der Waals surface area contributed by atoms with E-state index in [0.717, 1.165) is 0 Å². The minimum atomic E-state index is -1.15. The van der Waals surface area contributed by atoms with E-state index in [0.29, 0.717) is 6.42 Å². The molecule has 4 unspecified atom stereocenters. The third-order valence-corrected chi connectivity index (χ3v) is 4.09. The quantitative estimate of drug-likeness (QED) is 0.238. The van der Waals surface area contributed by atoms with E-state index in [1.807, 2.05) is 20.8 Å². The molecule has 0 bridgehead atoms. The van der Waals surface area contributed by atoms with Gasteiger partial charge in [0.25, 0.3) is 0 Å². The highest BCUT2D eigenvalue weighted by atomic mass is 16.4. The number of carboxylic acid groups (broad SMARTS) is 1. The van der Waals surface area contributed by atoms with Gasteiger partial charge in [0, 0.05) is 0 Å². The van der Waals surface area contributed by atoms with E-state index < -0.39 is 55.0 Å². The molecule has 0 aromatic carbocycles. The van der Waals surface area contributed by atoms with Crippen molar-refractivity contribution in [3.8, 4) is 0 Å². The first kappa shape index (κ1) is 24.8. The van der Waals surface area contributed by atoms with E-state index in [2.05, 4.69) is 16.0 Å². The van der Waals surface area contributed by atoms with Crippen molar-refractivity contribution in [3.63, 3.8) is 0 Å². The second-order valence-electron chi connectivity index (χ2n) is 6.97. The molecule has 10 nitrogen and oxygen atoms in total. The number of amides is 3. The summed E-state index contributed by atoms with van der Waals surface area (Å²) >= 11 is 0. The third kappa shape index (κ3) is 9.34. The van der Waals surface area contributed by atoms with Gasteiger partial charge in [-0.2, -0.15) is 0 Å². The second-order valence-corrected chi connectivity index (χ2v) is 6.97. The number of hydrogen-bond acceptors (Lipinski definition) is 6. The number of nitrogens with one attached hydrogen (secondary N) is 3. The van der Waals surface area contributed by atoms with E-state index in [9.17, 15) is 19.2 Å². The van der Waals surface area contributed by atoms with Crippen LogP contribution < -0.4 is 21.7 Å². The summed E-state index contributed by atoms with van der Waals surface area (Å²) in [5.41, 5.74) is 5.44. The fourth-order valence-corrected chi connectivity index (χ4v) is 2.26. The molecule has 0 aliphatic carbocycles. The van der Waals surface area contributed by atoms with Gasteiger partial charge in [-0.25, -0.2) is 4.79 Å². The summed E-state index contributed by atoms with van der Waals surface area (Å²) in [6.07, 6.45) is 0.841. The Kier molecular flexibility index (Phi) is 11.2. The largest absolute Gasteiger partial charge is 0.480 e. The zero-order valence-electron chi connectivity index (χ0n) is 16.3. The van der Waals surface area contributed by atoms with E-state index in [-0.39, 0.29) is 18.3 Å². The number of aliphatic hydroxyl groups is 1. The lowest BCUT2D eigenvalue weighted by Gasteiger charge is -2.24. The van der Waals surface area contributed by atoms with Crippen molar-refractivity contribution >= 4 is 23.7 Å². The summed E-state index contributed by atoms with van der Waals surface area (Å²) in [6, 6.07) is -3.12. The Morgan fingerprint density at radius 1 is 1.04 bits per heavy atom. The van der Waals surface area contributed by atoms with E-state index in [1.165, 1.54) is 0 Å². The molecule has 3 amide bonds. The number of aliphatic carboxylic acids is 1. The zero-order valence-corrected chi connectivity index (χ0v) is 16.3. The maximum Gasteiger partial charge on any atom is 0.326 e. The number of carbonyl (C=O) groups is 4. The molecule has 0 saturated carbocycles. The van der Waals surface area contributed by atoms with Crippen molar-refractivity contribution < 1.29 is 29.4 Å². The molecule has 0 aliphatic rings. The number of aliphatic hydroxyl groups excluding tert-OH is 1. The predicted octanol–water partition coefficient (Wildman–Crippen LogP) is -1.43. The van der Waals surface area contributed by atoms with Crippen LogP contribution in [0.5, 0.6) is 0 Å². The van der Waals surface area contributed by atoms with Gasteiger partial charge in [0.05, 0.1) is 13.2 Å². The van der Waals surface area contributed by atoms with Crippen LogP contribution in [0.1, 0.15) is 40.5 Å². The van der Waals surface area contributed by atoms with Gasteiger partial charge in [0.2, 0.25) is 17.7 Å². The molecule has 0 saturated heterocycles. The average molecular weight is 388 g/mol. The Morgan fingerprint density at radius 3 is 2.07 bits per heavy atom. The number of nitrogens with two attached hydrogens (primary N) is 1. The van der Waals surface area contributed by atoms with Crippen molar-refractivity contribution in [1.82, 2.24) is 16.0 Å². The summed E-state index contributed by atoms with van der Waals surface area (Å²) in [5, 5.41) is 25.3. The molecule has 0 heterocycles. The summed E-state index contributed by atoms with van der Waals surface area (Å²) in [4.78, 5) is 47.3. The molecule has 0 radical (unpaired) electrons. The van der Waals surface area contributed by atoms with Crippen LogP contribution in [-0.2, 0) is 19.2 Å². The maximum atomic E-state index is 12.4. The van der Waals surface area contributed by atoms with Crippen LogP contribution in [0.25, 0.3) is 0 Å². The molecule has 0 aliphatic heterocycles. The lowest BCUT2D eigenvalue weighted by Crippen LogP contribution is -2.56. The van der Waals surface area contributed by atoms with Crippen molar-refractivity contribution in [2.45, 2.75) is 58.7 Å². The number of carboxylic acids is 1. The highest BCUT2D eigenvalue weighted by molar-refractivity contribution is 5.92. The van der Waals surface area contributed by atoms with Gasteiger partial charge in [-0.3, -0.25) is 14.4 Å². The molecular weight excluding hydrogens is 356 g/mol. The monoisotopic (exact) mass is 388 g/mol. The number of hydrogen-bond donors (Lipinski definition) is 6. The van der Waals surface area contributed by atoms with Gasteiger partial charge in [0.1, 0.15) is 18.1 Å². The SMILES string of the molecule is CCC(C)C(NC(=O)C(N)CO)C(=O)NCC(=O)NC(CC(C)C)C(=O)O. The summed E-state index contributed by atoms with van der Waals surface area (Å²) in [5.74, 6) is -3.22. The van der Waals surface area contributed by atoms with E-state index in [1.54, 1.807) is 6.92 Å². The Balaban J connectivity index is 4.81. The van der Waals surface area contributed by atoms with Crippen molar-refractivity contribution in [2.75, 3.05) is 13.2 Å². The Hall–Kier alpha value is -2.20. The minimum absolute atomic E-state index is 0.0710. The van der Waals surface area contributed by atoms with Gasteiger partial charge in [-0.15, -0.1) is 0 Å². The second kappa shape index (κ2) is 12.2. The van der Waals surface area contributed by atoms with Crippen LogP contribution in [0.15, 0.2) is 0 Å². The summed E-state index contributed by atoms with van der Waals surface area (Å²) in [6.45, 7) is 6.27. The molecule has 27 heavy (non-hydrogen) atoms. The Labute approximate surface area is 159 Å². The third-order valence-electron chi connectivity index (χ3n) is 4.09. The van der Waals surface area contributed by atoms with Crippen LogP contribution in [0.3, 0.4) is 0 Å². The van der Waals surface area contributed by atoms with E-state index >= 15 is 0 Å². The summed E-state index contributed by atoms with van der Waals surface area (Å²) in [7, 11) is 0. The van der Waals surface area contributed by atoms with E-state index in [4.69, 9.17) is 15.9 Å². The molecule has 0 aromatic heterocycles. The molecule has 10 heteroatoms. The fraction of sp³-hybridized carbons (Fsp3) is 0.765. The highest BCUT2D eigenvalue weighted by Gasteiger charge is 2.28. The Bertz CT molecular complexity index is 526. The molecule has 0 rings (SSSR count). The molecule has 0 fully saturated rings. The highest BCUT2D eigenvalue weighted by Crippen LogP contribution is 2.08. The lowest BCUT2D eigenvalue weighted by molar-refractivity contribution is -0.142. The van der Waals surface area contributed by atoms with Crippen LogP contribution >= 0.6 is 0 Å². The first-order chi connectivity index (χ1) is 12.5. The van der Waals surface area contributed by atoms with Crippen molar-refractivity contribution in [2.24, 2.45) is 17.6 Å². The van der Waals surface area contributed by atoms with Gasteiger partial charge >= 0.3 is 5.97 Å². The molecule has 156 valence electrons. The van der Waals surface area contributed by atoms with Crippen LogP contribution in [0.4, 0.5) is 0 Å². The number of carbonyl (C=O) groups excluding carboxylic acids is 3. The summed E-state index contributed by atoms with van der Waals surface area (Å²) < 4.78 is 0. The van der Waals surface area contributed by atoms with Crippen LogP contribution in [0.2, 0.25) is 0 Å². The molecular formula is C17H32N4O6. The van der Waals surface area contributed by atoms with Crippen molar-refractivity contribution in [1.29, 1.82) is 0 Å². The van der Waals surface area contributed by atoms with Crippen molar-refractivity contribution in [3.05, 3.63) is 0 Å². The first-order valence-corrected chi connectivity index (χ1v) is 9.00. The predicted molar refractivity (Wildman–Crippen MR) is 98.5 cm³/mol. The topological polar surface area (TPSA) is 171 Å². The first-order valence-electron chi connectivity index (χ1n) is 9.00. The van der Waals surface area contributed by atoms with Crippen LogP contribution in [0, 0.1) is 11.8 Å². The zero-order chi connectivity index (χ0) is 21.1. The standard InChI is InChI=1S/C17H32N4O6/c1-5-10(4)14(21-15(24)11(18)8-22)16(25)19-7-13(23)20-12(17(26)27)6-9(2)3/h9-12,14,22H,5-8,18H2,1-4H3,(H,19,25)(H,20,23)(H,21,24)(H,26,27). The average Bonchev–Trinajstić information content (AvgIpc) is 2.61. The molecule has 0 aromatic rings. The minimum Gasteiger partial charge on any atom is -0.480 e. The fourth-order valence-electron chi connectivity index (χ4n) is 2.26. The van der Waals surface area contributed by atoms with Gasteiger partial charge in [-0.1, -0.05) is 34.1 Å². The van der Waals surface area contributed by atoms with Gasteiger partial charge < -0.3 is 31.9 Å². The van der Waals surface area contributed by atoms with Gasteiger partial charge in [0.15, 0.2) is 0 Å². The number of rotatable bonds is 12. The Morgan fingerprint density at radius 2 is 1.63 bits per heavy atom. The normalized spacial score (nSPS) is 15.4. The lowest BCUT2D eigenvalue weighted by atomic mass is 9.98. The molecule has 7 N–H and O–H groups in total. The smallest absolute Gasteiger partial charge is 0.326 e. The molecule has 0 spiro atoms.